The predicted molar refractivity (Wildman–Crippen MR) is 35.7 cm³/mol. The molecule has 0 saturated carbocycles. The van der Waals surface area contributed by atoms with E-state index < -0.39 is 0 Å². The third kappa shape index (κ3) is 5.44. The maximum absolute atomic E-state index is 8.30. The van der Waals surface area contributed by atoms with Crippen molar-refractivity contribution < 1.29 is 5.11 Å². The van der Waals surface area contributed by atoms with Crippen molar-refractivity contribution in [1.82, 2.24) is 0 Å². The molecule has 0 aromatic carbocycles. The van der Waals surface area contributed by atoms with Crippen LogP contribution in [0.3, 0.4) is 0 Å². The van der Waals surface area contributed by atoms with Crippen LogP contribution in [0.1, 0.15) is 13.3 Å². The zero-order chi connectivity index (χ0) is 6.41. The Hall–Kier alpha value is -0.560. The van der Waals surface area contributed by atoms with Crippen LogP contribution in [-0.2, 0) is 0 Å². The fourth-order valence-electron chi connectivity index (χ4n) is 0.359. The highest BCUT2D eigenvalue weighted by Gasteiger charge is 1.73. The second kappa shape index (κ2) is 4.60. The van der Waals surface area contributed by atoms with Gasteiger partial charge >= 0.3 is 0 Å². The van der Waals surface area contributed by atoms with Crippen LogP contribution < -0.4 is 0 Å². The lowest BCUT2D eigenvalue weighted by Crippen LogP contribution is -1.74. The normalized spacial score (nSPS) is 10.2. The minimum Gasteiger partial charge on any atom is -0.396 e. The highest BCUT2D eigenvalue weighted by atomic mass is 16.2. The highest BCUT2D eigenvalue weighted by Crippen LogP contribution is 1.89. The average molecular weight is 112 g/mol. The molecule has 0 bridgehead atoms. The molecule has 0 spiro atoms. The smallest absolute Gasteiger partial charge is 0.0465 e. The molecule has 1 heteroatoms. The first-order valence-electron chi connectivity index (χ1n) is 2.70. The van der Waals surface area contributed by atoms with Crippen LogP contribution in [0.5, 0.6) is 0 Å². The van der Waals surface area contributed by atoms with Gasteiger partial charge in [0, 0.05) is 6.61 Å². The number of aliphatic hydroxyl groups is 1. The number of rotatable bonds is 3. The summed E-state index contributed by atoms with van der Waals surface area (Å²) in [5, 5.41) is 8.30. The molecule has 0 rings (SSSR count). The molecule has 1 nitrogen and oxygen atoms in total. The van der Waals surface area contributed by atoms with Crippen LogP contribution in [0.4, 0.5) is 0 Å². The van der Waals surface area contributed by atoms with E-state index in [1.165, 1.54) is 0 Å². The van der Waals surface area contributed by atoms with Gasteiger partial charge in [-0.05, 0) is 13.3 Å². The first-order chi connectivity index (χ1) is 3.77. The summed E-state index contributed by atoms with van der Waals surface area (Å²) >= 11 is 0. The molecule has 0 atom stereocenters. The molecule has 0 aliphatic heterocycles. The molecule has 0 radical (unpaired) electrons. The fourth-order valence-corrected chi connectivity index (χ4v) is 0.359. The molecule has 0 unspecified atom stereocenters. The Kier molecular flexibility index (Phi) is 4.27. The van der Waals surface area contributed by atoms with Gasteiger partial charge in [-0.2, -0.15) is 0 Å². The van der Waals surface area contributed by atoms with Crippen molar-refractivity contribution in [2.75, 3.05) is 6.61 Å². The number of allylic oxidation sites excluding steroid dienone is 2. The largest absolute Gasteiger partial charge is 0.396 e. The summed E-state index contributed by atoms with van der Waals surface area (Å²) in [4.78, 5) is 0. The summed E-state index contributed by atoms with van der Waals surface area (Å²) in [6, 6.07) is 0. The van der Waals surface area contributed by atoms with Crippen molar-refractivity contribution in [3.63, 3.8) is 0 Å². The van der Waals surface area contributed by atoms with E-state index in [2.05, 4.69) is 6.58 Å². The van der Waals surface area contributed by atoms with E-state index in [4.69, 9.17) is 5.11 Å². The van der Waals surface area contributed by atoms with E-state index in [0.29, 0.717) is 0 Å². The zero-order valence-corrected chi connectivity index (χ0v) is 5.22. The van der Waals surface area contributed by atoms with E-state index in [1.54, 1.807) is 0 Å². The van der Waals surface area contributed by atoms with Crippen LogP contribution in [0.2, 0.25) is 0 Å². The Morgan fingerprint density at radius 2 is 2.38 bits per heavy atom. The summed E-state index contributed by atoms with van der Waals surface area (Å²) in [6.45, 7) is 5.81. The number of hydrogen-bond acceptors (Lipinski definition) is 1. The summed E-state index contributed by atoms with van der Waals surface area (Å²) in [6.07, 6.45) is 4.53. The van der Waals surface area contributed by atoms with E-state index >= 15 is 0 Å². The van der Waals surface area contributed by atoms with Crippen molar-refractivity contribution in [3.8, 4) is 0 Å². The Bertz CT molecular complexity index is 92.6. The van der Waals surface area contributed by atoms with E-state index in [0.717, 1.165) is 12.0 Å². The standard InChI is InChI=1S/C7H12O/c1-7(2)5-3-4-6-8/h3,5,8H,1,4,6H2,2H3/b5-3+. The van der Waals surface area contributed by atoms with Crippen LogP contribution in [-0.4, -0.2) is 11.7 Å². The van der Waals surface area contributed by atoms with Crippen molar-refractivity contribution in [2.24, 2.45) is 0 Å². The maximum atomic E-state index is 8.30. The second-order valence-corrected chi connectivity index (χ2v) is 1.76. The monoisotopic (exact) mass is 112 g/mol. The second-order valence-electron chi connectivity index (χ2n) is 1.76. The van der Waals surface area contributed by atoms with Gasteiger partial charge in [-0.3, -0.25) is 0 Å². The number of hydrogen-bond donors (Lipinski definition) is 1. The molecule has 0 saturated heterocycles. The maximum Gasteiger partial charge on any atom is 0.0465 e. The third-order valence-electron chi connectivity index (χ3n) is 0.698. The lowest BCUT2D eigenvalue weighted by molar-refractivity contribution is 0.302. The fraction of sp³-hybridized carbons (Fsp3) is 0.429. The zero-order valence-electron chi connectivity index (χ0n) is 5.22. The molecule has 8 heavy (non-hydrogen) atoms. The molecule has 1 N–H and O–H groups in total. The SMILES string of the molecule is C=C(C)/C=C/CCO. The van der Waals surface area contributed by atoms with E-state index in [9.17, 15) is 0 Å². The quantitative estimate of drug-likeness (QED) is 0.548. The van der Waals surface area contributed by atoms with Gasteiger partial charge in [0.15, 0.2) is 0 Å². The number of aliphatic hydroxyl groups excluding tert-OH is 1. The molecule has 0 heterocycles. The highest BCUT2D eigenvalue weighted by molar-refractivity contribution is 5.10. The third-order valence-corrected chi connectivity index (χ3v) is 0.698. The minimum absolute atomic E-state index is 0.226. The molecule has 0 fully saturated rings. The van der Waals surface area contributed by atoms with Crippen LogP contribution in [0.15, 0.2) is 24.3 Å². The topological polar surface area (TPSA) is 20.2 Å². The van der Waals surface area contributed by atoms with Gasteiger partial charge < -0.3 is 5.11 Å². The summed E-state index contributed by atoms with van der Waals surface area (Å²) in [5.74, 6) is 0. The average Bonchev–Trinajstić information content (AvgIpc) is 1.66. The Balaban J connectivity index is 3.20. The molecule has 0 aliphatic rings. The molecule has 0 aromatic rings. The van der Waals surface area contributed by atoms with Gasteiger partial charge in [0.1, 0.15) is 0 Å². The molecule has 0 aromatic heterocycles. The van der Waals surface area contributed by atoms with Gasteiger partial charge in [-0.1, -0.05) is 24.3 Å². The lowest BCUT2D eigenvalue weighted by atomic mass is 10.3. The van der Waals surface area contributed by atoms with Gasteiger partial charge in [0.2, 0.25) is 0 Å². The Labute approximate surface area is 50.3 Å². The van der Waals surface area contributed by atoms with Gasteiger partial charge in [0.05, 0.1) is 0 Å². The van der Waals surface area contributed by atoms with E-state index in [1.807, 2.05) is 19.1 Å². The molecular formula is C7H12O. The van der Waals surface area contributed by atoms with E-state index in [-0.39, 0.29) is 6.61 Å². The Morgan fingerprint density at radius 1 is 1.75 bits per heavy atom. The van der Waals surface area contributed by atoms with Gasteiger partial charge in [0.25, 0.3) is 0 Å². The van der Waals surface area contributed by atoms with Gasteiger partial charge in [-0.25, -0.2) is 0 Å². The summed E-state index contributed by atoms with van der Waals surface area (Å²) in [7, 11) is 0. The predicted octanol–water partition coefficient (Wildman–Crippen LogP) is 1.50. The molecule has 46 valence electrons. The van der Waals surface area contributed by atoms with Crippen LogP contribution in [0, 0.1) is 0 Å². The molecule has 0 aliphatic carbocycles. The minimum atomic E-state index is 0.226. The van der Waals surface area contributed by atoms with Crippen LogP contribution >= 0.6 is 0 Å². The summed E-state index contributed by atoms with van der Waals surface area (Å²) < 4.78 is 0. The first-order valence-corrected chi connectivity index (χ1v) is 2.70. The molecule has 0 amide bonds. The lowest BCUT2D eigenvalue weighted by Gasteiger charge is -1.83. The van der Waals surface area contributed by atoms with Crippen LogP contribution in [0.25, 0.3) is 0 Å². The van der Waals surface area contributed by atoms with Crippen molar-refractivity contribution >= 4 is 0 Å². The first kappa shape index (κ1) is 7.44. The Morgan fingerprint density at radius 3 is 2.75 bits per heavy atom. The summed E-state index contributed by atoms with van der Waals surface area (Å²) in [5.41, 5.74) is 1.03. The van der Waals surface area contributed by atoms with Crippen molar-refractivity contribution in [1.29, 1.82) is 0 Å². The van der Waals surface area contributed by atoms with Crippen molar-refractivity contribution in [2.45, 2.75) is 13.3 Å². The molecular weight excluding hydrogens is 100 g/mol. The van der Waals surface area contributed by atoms with Crippen molar-refractivity contribution in [3.05, 3.63) is 24.3 Å². The van der Waals surface area contributed by atoms with Gasteiger partial charge in [-0.15, -0.1) is 0 Å².